The van der Waals surface area contributed by atoms with Gasteiger partial charge in [0.25, 0.3) is 0 Å². The molecule has 1 aromatic rings. The Kier molecular flexibility index (Phi) is 8.94. The Labute approximate surface area is 197 Å². The summed E-state index contributed by atoms with van der Waals surface area (Å²) in [6.07, 6.45) is -3.47. The first kappa shape index (κ1) is 26.8. The van der Waals surface area contributed by atoms with E-state index in [1.54, 1.807) is 11.9 Å². The molecule has 1 N–H and O–H groups in total. The highest BCUT2D eigenvalue weighted by Crippen LogP contribution is 2.38. The smallest absolute Gasteiger partial charge is 0.342 e. The summed E-state index contributed by atoms with van der Waals surface area (Å²) in [5, 5.41) is 2.90. The van der Waals surface area contributed by atoms with Gasteiger partial charge in [-0.25, -0.2) is 0 Å². The number of thioether (sulfide) groups is 1. The molecule has 180 valence electrons. The van der Waals surface area contributed by atoms with Gasteiger partial charge in [0.2, 0.25) is 5.91 Å². The van der Waals surface area contributed by atoms with E-state index >= 15 is 0 Å². The molecular formula is C20H24BrF6N3OS. The normalized spacial score (nSPS) is 21.9. The monoisotopic (exact) mass is 547 g/mol. The van der Waals surface area contributed by atoms with Crippen molar-refractivity contribution in [2.75, 3.05) is 18.1 Å². The third kappa shape index (κ3) is 6.79. The second kappa shape index (κ2) is 10.7. The first-order valence-electron chi connectivity index (χ1n) is 9.99. The number of carbonyl (C=O) groups is 1. The summed E-state index contributed by atoms with van der Waals surface area (Å²) in [6, 6.07) is 0.487. The van der Waals surface area contributed by atoms with Crippen molar-refractivity contribution in [3.8, 4) is 0 Å². The second-order valence-electron chi connectivity index (χ2n) is 7.78. The van der Waals surface area contributed by atoms with Gasteiger partial charge in [0.15, 0.2) is 5.17 Å². The minimum absolute atomic E-state index is 0. The summed E-state index contributed by atoms with van der Waals surface area (Å²) in [5.41, 5.74) is -3.48. The molecule has 0 spiro atoms. The molecule has 2 fully saturated rings. The lowest BCUT2D eigenvalue weighted by Gasteiger charge is -2.22. The molecule has 1 atom stereocenters. The van der Waals surface area contributed by atoms with E-state index in [0.29, 0.717) is 23.1 Å². The molecule has 4 nitrogen and oxygen atoms in total. The Morgan fingerprint density at radius 2 is 1.53 bits per heavy atom. The second-order valence-corrected chi connectivity index (χ2v) is 8.77. The number of nitrogens with zero attached hydrogens (tertiary/aromatic N) is 2. The zero-order chi connectivity index (χ0) is 22.8. The Hall–Kier alpha value is -1.43. The van der Waals surface area contributed by atoms with Gasteiger partial charge >= 0.3 is 12.4 Å². The van der Waals surface area contributed by atoms with Gasteiger partial charge in [-0.2, -0.15) is 26.3 Å². The molecule has 12 heteroatoms. The number of alkyl halides is 6. The first-order chi connectivity index (χ1) is 14.4. The predicted molar refractivity (Wildman–Crippen MR) is 118 cm³/mol. The van der Waals surface area contributed by atoms with Gasteiger partial charge in [0.1, 0.15) is 6.04 Å². The highest BCUT2D eigenvalue weighted by molar-refractivity contribution is 8.93. The molecule has 1 heterocycles. The Morgan fingerprint density at radius 1 is 1.00 bits per heavy atom. The topological polar surface area (TPSA) is 44.7 Å². The SMILES string of the molecule is Br.CN1C(=NC2CCCCCC2)SCC1C(=O)Nc1cc(C(F)(F)F)cc(C(F)(F)F)c1. The molecule has 1 aromatic carbocycles. The number of halogens is 7. The first-order valence-corrected chi connectivity index (χ1v) is 11.0. The average Bonchev–Trinajstić information content (AvgIpc) is 2.86. The van der Waals surface area contributed by atoms with Crippen molar-refractivity contribution in [2.24, 2.45) is 4.99 Å². The van der Waals surface area contributed by atoms with Gasteiger partial charge in [0, 0.05) is 18.5 Å². The largest absolute Gasteiger partial charge is 0.416 e. The molecular weight excluding hydrogens is 524 g/mol. The number of hydrogen-bond donors (Lipinski definition) is 1. The van der Waals surface area contributed by atoms with E-state index in [0.717, 1.165) is 25.7 Å². The highest BCUT2D eigenvalue weighted by atomic mass is 79.9. The summed E-state index contributed by atoms with van der Waals surface area (Å²) in [7, 11) is 1.66. The van der Waals surface area contributed by atoms with E-state index in [4.69, 9.17) is 4.99 Å². The molecule has 0 radical (unpaired) electrons. The fraction of sp³-hybridized carbons (Fsp3) is 0.600. The zero-order valence-electron chi connectivity index (χ0n) is 17.2. The fourth-order valence-electron chi connectivity index (χ4n) is 3.68. The Bertz CT molecular complexity index is 805. The number of benzene rings is 1. The molecule has 32 heavy (non-hydrogen) atoms. The van der Waals surface area contributed by atoms with Gasteiger partial charge < -0.3 is 10.2 Å². The zero-order valence-corrected chi connectivity index (χ0v) is 19.8. The number of aliphatic imine (C=N–C) groups is 1. The number of amidine groups is 1. The van der Waals surface area contributed by atoms with Crippen molar-refractivity contribution in [3.63, 3.8) is 0 Å². The van der Waals surface area contributed by atoms with E-state index in [-0.39, 0.29) is 29.1 Å². The van der Waals surface area contributed by atoms with Crippen molar-refractivity contribution in [2.45, 2.75) is 63.0 Å². The maximum absolute atomic E-state index is 13.0. The standard InChI is InChI=1S/C20H23F6N3OS.BrH/c1-29-16(11-31-18(29)28-14-6-4-2-3-5-7-14)17(30)27-15-9-12(19(21,22)23)8-13(10-15)20(24,25)26;/h8-10,14,16H,2-7,11H2,1H3,(H,27,30);1H. The van der Waals surface area contributed by atoms with E-state index in [2.05, 4.69) is 5.32 Å². The molecule has 3 rings (SSSR count). The van der Waals surface area contributed by atoms with Gasteiger partial charge in [0.05, 0.1) is 17.2 Å². The number of amides is 1. The van der Waals surface area contributed by atoms with E-state index in [9.17, 15) is 31.1 Å². The third-order valence-corrected chi connectivity index (χ3v) is 6.55. The number of hydrogen-bond acceptors (Lipinski definition) is 3. The number of rotatable bonds is 3. The van der Waals surface area contributed by atoms with E-state index < -0.39 is 41.1 Å². The molecule has 1 aliphatic carbocycles. The van der Waals surface area contributed by atoms with Crippen molar-refractivity contribution in [1.82, 2.24) is 4.90 Å². The molecule has 1 saturated carbocycles. The van der Waals surface area contributed by atoms with Gasteiger partial charge in [-0.1, -0.05) is 37.4 Å². The van der Waals surface area contributed by atoms with Crippen molar-refractivity contribution < 1.29 is 31.1 Å². The average molecular weight is 548 g/mol. The summed E-state index contributed by atoms with van der Waals surface area (Å²) in [4.78, 5) is 19.0. The van der Waals surface area contributed by atoms with Crippen LogP contribution in [0.4, 0.5) is 32.0 Å². The van der Waals surface area contributed by atoms with Crippen LogP contribution in [0, 0.1) is 0 Å². The van der Waals surface area contributed by atoms with Crippen LogP contribution in [0.15, 0.2) is 23.2 Å². The molecule has 1 amide bonds. The predicted octanol–water partition coefficient (Wildman–Crippen LogP) is 6.37. The van der Waals surface area contributed by atoms with E-state index in [1.165, 1.54) is 24.6 Å². The summed E-state index contributed by atoms with van der Waals surface area (Å²) >= 11 is 1.37. The van der Waals surface area contributed by atoms with Crippen molar-refractivity contribution in [1.29, 1.82) is 0 Å². The third-order valence-electron chi connectivity index (χ3n) is 5.42. The van der Waals surface area contributed by atoms with Crippen LogP contribution in [0.1, 0.15) is 49.7 Å². The summed E-state index contributed by atoms with van der Waals surface area (Å²) in [6.45, 7) is 0. The minimum atomic E-state index is -4.97. The number of likely N-dealkylation sites (N-methyl/N-ethyl adjacent to an activating group) is 1. The molecule has 0 bridgehead atoms. The van der Waals surface area contributed by atoms with Gasteiger partial charge in [-0.05, 0) is 31.0 Å². The van der Waals surface area contributed by atoms with Gasteiger partial charge in [-0.3, -0.25) is 9.79 Å². The maximum atomic E-state index is 13.0. The van der Waals surface area contributed by atoms with E-state index in [1.807, 2.05) is 0 Å². The van der Waals surface area contributed by atoms with Crippen LogP contribution in [0.25, 0.3) is 0 Å². The van der Waals surface area contributed by atoms with Crippen LogP contribution in [-0.2, 0) is 17.1 Å². The molecule has 1 aliphatic heterocycles. The number of anilines is 1. The maximum Gasteiger partial charge on any atom is 0.416 e. The Morgan fingerprint density at radius 3 is 2.03 bits per heavy atom. The van der Waals surface area contributed by atoms with Crippen molar-refractivity contribution >= 4 is 45.5 Å². The minimum Gasteiger partial charge on any atom is -0.342 e. The molecule has 1 unspecified atom stereocenters. The van der Waals surface area contributed by atoms with Crippen LogP contribution in [0.5, 0.6) is 0 Å². The van der Waals surface area contributed by atoms with Crippen LogP contribution < -0.4 is 5.32 Å². The van der Waals surface area contributed by atoms with Crippen LogP contribution in [0.2, 0.25) is 0 Å². The number of nitrogens with one attached hydrogen (secondary N) is 1. The molecule has 2 aliphatic rings. The lowest BCUT2D eigenvalue weighted by atomic mass is 10.1. The molecule has 1 saturated heterocycles. The van der Waals surface area contributed by atoms with Crippen LogP contribution >= 0.6 is 28.7 Å². The van der Waals surface area contributed by atoms with Crippen LogP contribution in [-0.4, -0.2) is 40.9 Å². The summed E-state index contributed by atoms with van der Waals surface area (Å²) in [5.74, 6) is -0.354. The lowest BCUT2D eigenvalue weighted by molar-refractivity contribution is -0.143. The molecule has 0 aromatic heterocycles. The highest BCUT2D eigenvalue weighted by Gasteiger charge is 2.38. The fourth-order valence-corrected chi connectivity index (χ4v) is 4.91. The lowest BCUT2D eigenvalue weighted by Crippen LogP contribution is -2.40. The summed E-state index contributed by atoms with van der Waals surface area (Å²) < 4.78 is 78.2. The quantitative estimate of drug-likeness (QED) is 0.353. The van der Waals surface area contributed by atoms with Gasteiger partial charge in [-0.15, -0.1) is 17.0 Å². The van der Waals surface area contributed by atoms with Crippen molar-refractivity contribution in [3.05, 3.63) is 29.3 Å². The number of carbonyl (C=O) groups excluding carboxylic acids is 1. The Balaban J connectivity index is 0.00000363. The van der Waals surface area contributed by atoms with Crippen LogP contribution in [0.3, 0.4) is 0 Å².